The standard InChI is InChI=1S/C6H5NO2.C3H7NO2.C2H6/c8-7(9)6-4-2-1-3-5-6;1-3(2)4(5)6;1-2/h1-5H;3H,1-2H3;1-2H3. The summed E-state index contributed by atoms with van der Waals surface area (Å²) in [6.45, 7) is 7.08. The highest BCUT2D eigenvalue weighted by Crippen LogP contribution is 2.06. The fraction of sp³-hybridized carbons (Fsp3) is 0.455. The minimum absolute atomic E-state index is 0.137. The van der Waals surface area contributed by atoms with Crippen LogP contribution in [0.5, 0.6) is 0 Å². The van der Waals surface area contributed by atoms with Crippen molar-refractivity contribution in [3.63, 3.8) is 0 Å². The molecule has 0 saturated carbocycles. The van der Waals surface area contributed by atoms with E-state index in [-0.39, 0.29) is 10.6 Å². The molecule has 0 aromatic heterocycles. The SMILES string of the molecule is CC.CC(C)[N+](=O)[O-].O=[N+]([O-])c1ccccc1. The monoisotopic (exact) mass is 242 g/mol. The lowest BCUT2D eigenvalue weighted by atomic mass is 10.3. The van der Waals surface area contributed by atoms with E-state index >= 15 is 0 Å². The van der Waals surface area contributed by atoms with Crippen molar-refractivity contribution < 1.29 is 9.85 Å². The molecule has 96 valence electrons. The summed E-state index contributed by atoms with van der Waals surface area (Å²) in [5.74, 6) is 0. The Balaban J connectivity index is 0. The molecule has 0 unspecified atom stereocenters. The smallest absolute Gasteiger partial charge is 0.264 e. The van der Waals surface area contributed by atoms with Crippen molar-refractivity contribution in [2.24, 2.45) is 0 Å². The predicted octanol–water partition coefficient (Wildman–Crippen LogP) is 3.29. The van der Waals surface area contributed by atoms with Crippen molar-refractivity contribution in [1.29, 1.82) is 0 Å². The largest absolute Gasteiger partial charge is 0.269 e. The van der Waals surface area contributed by atoms with Gasteiger partial charge in [0.2, 0.25) is 6.04 Å². The molecule has 6 nitrogen and oxygen atoms in total. The van der Waals surface area contributed by atoms with E-state index in [2.05, 4.69) is 0 Å². The van der Waals surface area contributed by atoms with E-state index in [1.165, 1.54) is 12.1 Å². The van der Waals surface area contributed by atoms with Gasteiger partial charge in [-0.15, -0.1) is 0 Å². The van der Waals surface area contributed by atoms with Gasteiger partial charge in [0.25, 0.3) is 5.69 Å². The van der Waals surface area contributed by atoms with Gasteiger partial charge in [0.15, 0.2) is 0 Å². The number of nitro groups is 2. The first kappa shape index (κ1) is 17.4. The van der Waals surface area contributed by atoms with E-state index in [4.69, 9.17) is 0 Å². The lowest BCUT2D eigenvalue weighted by molar-refractivity contribution is -0.513. The number of hydrogen-bond acceptors (Lipinski definition) is 4. The van der Waals surface area contributed by atoms with Crippen LogP contribution in [0.15, 0.2) is 30.3 Å². The summed E-state index contributed by atoms with van der Waals surface area (Å²) < 4.78 is 0. The Labute approximate surface area is 101 Å². The molecular formula is C11H18N2O4. The van der Waals surface area contributed by atoms with Crippen molar-refractivity contribution >= 4 is 5.69 Å². The molecule has 0 aliphatic heterocycles. The molecule has 0 N–H and O–H groups in total. The lowest BCUT2D eigenvalue weighted by Gasteiger charge is -1.88. The van der Waals surface area contributed by atoms with Crippen LogP contribution in [0.3, 0.4) is 0 Å². The van der Waals surface area contributed by atoms with Crippen molar-refractivity contribution in [3.8, 4) is 0 Å². The molecule has 0 aliphatic rings. The van der Waals surface area contributed by atoms with Gasteiger partial charge in [0, 0.05) is 30.9 Å². The zero-order chi connectivity index (χ0) is 13.8. The molecule has 0 atom stereocenters. The maximum atomic E-state index is 10.0. The second-order valence-electron chi connectivity index (χ2n) is 2.97. The van der Waals surface area contributed by atoms with Gasteiger partial charge in [-0.2, -0.15) is 0 Å². The normalized spacial score (nSPS) is 8.29. The number of non-ortho nitro benzene ring substituents is 1. The molecule has 0 spiro atoms. The molecule has 0 aliphatic carbocycles. The molecule has 0 bridgehead atoms. The van der Waals surface area contributed by atoms with E-state index in [1.807, 2.05) is 13.8 Å². The zero-order valence-corrected chi connectivity index (χ0v) is 10.5. The Morgan fingerprint density at radius 1 is 1.00 bits per heavy atom. The summed E-state index contributed by atoms with van der Waals surface area (Å²) in [7, 11) is 0. The van der Waals surface area contributed by atoms with Gasteiger partial charge in [0.1, 0.15) is 0 Å². The van der Waals surface area contributed by atoms with E-state index in [9.17, 15) is 20.2 Å². The third-order valence-corrected chi connectivity index (χ3v) is 1.39. The van der Waals surface area contributed by atoms with Crippen LogP contribution in [0.1, 0.15) is 27.7 Å². The van der Waals surface area contributed by atoms with E-state index in [0.717, 1.165) is 0 Å². The summed E-state index contributed by atoms with van der Waals surface area (Å²) in [5, 5.41) is 19.5. The fourth-order valence-electron chi connectivity index (χ4n) is 0.550. The van der Waals surface area contributed by atoms with Gasteiger partial charge >= 0.3 is 0 Å². The summed E-state index contributed by atoms with van der Waals surface area (Å²) in [6.07, 6.45) is 0. The molecule has 6 heteroatoms. The maximum Gasteiger partial charge on any atom is 0.269 e. The van der Waals surface area contributed by atoms with Crippen LogP contribution in [0.4, 0.5) is 5.69 Å². The average molecular weight is 242 g/mol. The Bertz CT molecular complexity index is 326. The van der Waals surface area contributed by atoms with Gasteiger partial charge in [-0.1, -0.05) is 32.0 Å². The van der Waals surface area contributed by atoms with Crippen LogP contribution >= 0.6 is 0 Å². The number of nitrogens with zero attached hydrogens (tertiary/aromatic N) is 2. The van der Waals surface area contributed by atoms with Crippen LogP contribution in [-0.4, -0.2) is 15.9 Å². The van der Waals surface area contributed by atoms with Crippen molar-refractivity contribution in [3.05, 3.63) is 50.6 Å². The molecule has 0 radical (unpaired) electrons. The highest BCUT2D eigenvalue weighted by molar-refractivity contribution is 5.27. The topological polar surface area (TPSA) is 86.3 Å². The van der Waals surface area contributed by atoms with Crippen LogP contribution in [-0.2, 0) is 0 Å². The molecule has 0 amide bonds. The Morgan fingerprint density at radius 2 is 1.35 bits per heavy atom. The average Bonchev–Trinajstić information content (AvgIpc) is 2.33. The van der Waals surface area contributed by atoms with Crippen LogP contribution in [0, 0.1) is 20.2 Å². The third kappa shape index (κ3) is 10.3. The van der Waals surface area contributed by atoms with E-state index < -0.39 is 11.0 Å². The minimum atomic E-state index is -0.426. The Hall–Kier alpha value is -1.98. The molecule has 1 rings (SSSR count). The Morgan fingerprint density at radius 3 is 1.53 bits per heavy atom. The number of hydrogen-bond donors (Lipinski definition) is 0. The van der Waals surface area contributed by atoms with E-state index in [0.29, 0.717) is 0 Å². The number of benzene rings is 1. The van der Waals surface area contributed by atoms with Crippen molar-refractivity contribution in [1.82, 2.24) is 0 Å². The van der Waals surface area contributed by atoms with E-state index in [1.54, 1.807) is 32.0 Å². The van der Waals surface area contributed by atoms with Crippen LogP contribution < -0.4 is 0 Å². The second-order valence-corrected chi connectivity index (χ2v) is 2.97. The van der Waals surface area contributed by atoms with Gasteiger partial charge in [-0.25, -0.2) is 0 Å². The van der Waals surface area contributed by atoms with Crippen LogP contribution in [0.25, 0.3) is 0 Å². The number of nitro benzene ring substituents is 1. The molecule has 1 aromatic rings. The molecule has 0 saturated heterocycles. The highest BCUT2D eigenvalue weighted by atomic mass is 16.6. The fourth-order valence-corrected chi connectivity index (χ4v) is 0.550. The lowest BCUT2D eigenvalue weighted by Crippen LogP contribution is -2.08. The van der Waals surface area contributed by atoms with Gasteiger partial charge in [-0.05, 0) is 0 Å². The summed E-state index contributed by atoms with van der Waals surface area (Å²) in [6, 6.07) is 7.51. The van der Waals surface area contributed by atoms with Gasteiger partial charge in [-0.3, -0.25) is 20.2 Å². The maximum absolute atomic E-state index is 10.0. The molecule has 1 aromatic carbocycles. The summed E-state index contributed by atoms with van der Waals surface area (Å²) >= 11 is 0. The van der Waals surface area contributed by atoms with Gasteiger partial charge in [0.05, 0.1) is 4.92 Å². The third-order valence-electron chi connectivity index (χ3n) is 1.39. The van der Waals surface area contributed by atoms with Crippen molar-refractivity contribution in [2.45, 2.75) is 33.7 Å². The summed E-state index contributed by atoms with van der Waals surface area (Å²) in [4.78, 5) is 18.8. The minimum Gasteiger partial charge on any atom is -0.264 e. The molecular weight excluding hydrogens is 224 g/mol. The van der Waals surface area contributed by atoms with Crippen molar-refractivity contribution in [2.75, 3.05) is 0 Å². The molecule has 17 heavy (non-hydrogen) atoms. The first-order chi connectivity index (χ1) is 7.95. The second kappa shape index (κ2) is 10.5. The molecule has 0 fully saturated rings. The predicted molar refractivity (Wildman–Crippen MR) is 66.6 cm³/mol. The molecule has 0 heterocycles. The first-order valence-corrected chi connectivity index (χ1v) is 5.28. The van der Waals surface area contributed by atoms with Crippen LogP contribution in [0.2, 0.25) is 0 Å². The van der Waals surface area contributed by atoms with Gasteiger partial charge < -0.3 is 0 Å². The summed E-state index contributed by atoms with van der Waals surface area (Å²) in [5.41, 5.74) is 0.137. The Kier molecular flexibility index (Phi) is 10.8. The highest BCUT2D eigenvalue weighted by Gasteiger charge is 1.99. The quantitative estimate of drug-likeness (QED) is 0.588. The zero-order valence-electron chi connectivity index (χ0n) is 10.5. The number of para-hydroxylation sites is 1. The first-order valence-electron chi connectivity index (χ1n) is 5.28. The number of rotatable bonds is 2.